The van der Waals surface area contributed by atoms with Crippen LogP contribution in [0.1, 0.15) is 12.5 Å². The summed E-state index contributed by atoms with van der Waals surface area (Å²) >= 11 is 0. The summed E-state index contributed by atoms with van der Waals surface area (Å²) in [5, 5.41) is 3.27. The second kappa shape index (κ2) is 7.36. The van der Waals surface area contributed by atoms with Crippen molar-refractivity contribution in [3.8, 4) is 11.5 Å². The Bertz CT molecular complexity index is 871. The van der Waals surface area contributed by atoms with Gasteiger partial charge < -0.3 is 14.8 Å². The number of amides is 4. The minimum atomic E-state index is -1.32. The fourth-order valence-corrected chi connectivity index (χ4v) is 2.69. The molecule has 0 unspecified atom stereocenters. The Kier molecular flexibility index (Phi) is 4.98. The number of imide groups is 1. The molecule has 2 N–H and O–H groups in total. The number of benzene rings is 2. The number of hydrogen-bond donors (Lipinski definition) is 2. The molecular formula is C19H19N3O5. The lowest BCUT2D eigenvalue weighted by Crippen LogP contribution is -2.49. The number of hydrogen-bond acceptors (Lipinski definition) is 5. The highest BCUT2D eigenvalue weighted by molar-refractivity contribution is 6.08. The highest BCUT2D eigenvalue weighted by Gasteiger charge is 2.50. The van der Waals surface area contributed by atoms with E-state index in [9.17, 15) is 14.4 Å². The van der Waals surface area contributed by atoms with Gasteiger partial charge in [0.15, 0.2) is 6.61 Å². The molecule has 8 heteroatoms. The Morgan fingerprint density at radius 2 is 1.81 bits per heavy atom. The summed E-state index contributed by atoms with van der Waals surface area (Å²) < 4.78 is 10.5. The van der Waals surface area contributed by atoms with Crippen molar-refractivity contribution in [2.75, 3.05) is 13.7 Å². The summed E-state index contributed by atoms with van der Waals surface area (Å²) in [7, 11) is 1.51. The monoisotopic (exact) mass is 369 g/mol. The third-order valence-corrected chi connectivity index (χ3v) is 4.19. The van der Waals surface area contributed by atoms with E-state index < -0.39 is 23.4 Å². The maximum Gasteiger partial charge on any atom is 0.344 e. The van der Waals surface area contributed by atoms with Crippen molar-refractivity contribution in [2.24, 2.45) is 0 Å². The van der Waals surface area contributed by atoms with Crippen molar-refractivity contribution in [1.82, 2.24) is 15.8 Å². The summed E-state index contributed by atoms with van der Waals surface area (Å²) in [5.74, 6) is -0.174. The van der Waals surface area contributed by atoms with Gasteiger partial charge in [0.2, 0.25) is 0 Å². The molecule has 0 spiro atoms. The number of nitrogens with one attached hydrogen (secondary N) is 2. The van der Waals surface area contributed by atoms with Gasteiger partial charge in [-0.25, -0.2) is 4.79 Å². The molecule has 0 aromatic heterocycles. The van der Waals surface area contributed by atoms with E-state index in [1.165, 1.54) is 7.11 Å². The number of rotatable bonds is 6. The van der Waals surface area contributed by atoms with Gasteiger partial charge in [0.1, 0.15) is 17.0 Å². The molecule has 27 heavy (non-hydrogen) atoms. The average molecular weight is 369 g/mol. The molecule has 1 aliphatic heterocycles. The summed E-state index contributed by atoms with van der Waals surface area (Å²) in [6.45, 7) is 1.23. The zero-order chi connectivity index (χ0) is 19.4. The number of ether oxygens (including phenoxy) is 2. The van der Waals surface area contributed by atoms with Gasteiger partial charge in [-0.3, -0.25) is 15.0 Å². The lowest BCUT2D eigenvalue weighted by Gasteiger charge is -2.22. The van der Waals surface area contributed by atoms with Crippen LogP contribution in [0.2, 0.25) is 0 Å². The molecule has 8 nitrogen and oxygen atoms in total. The van der Waals surface area contributed by atoms with Crippen molar-refractivity contribution in [2.45, 2.75) is 12.5 Å². The molecule has 0 aliphatic carbocycles. The summed E-state index contributed by atoms with van der Waals surface area (Å²) in [6, 6.07) is 14.8. The van der Waals surface area contributed by atoms with E-state index >= 15 is 0 Å². The first-order chi connectivity index (χ1) is 12.9. The molecule has 2 aromatic carbocycles. The lowest BCUT2D eigenvalue weighted by atomic mass is 9.92. The van der Waals surface area contributed by atoms with Crippen LogP contribution in [0.15, 0.2) is 54.6 Å². The number of carbonyl (C=O) groups is 3. The van der Waals surface area contributed by atoms with Crippen LogP contribution in [0.25, 0.3) is 0 Å². The Morgan fingerprint density at radius 1 is 1.11 bits per heavy atom. The van der Waals surface area contributed by atoms with Gasteiger partial charge in [0.25, 0.3) is 11.8 Å². The van der Waals surface area contributed by atoms with E-state index in [2.05, 4.69) is 10.7 Å². The molecule has 4 amide bonds. The third kappa shape index (κ3) is 3.69. The first kappa shape index (κ1) is 18.2. The smallest absolute Gasteiger partial charge is 0.344 e. The Hall–Kier alpha value is -3.55. The molecule has 0 radical (unpaired) electrons. The topological polar surface area (TPSA) is 97.0 Å². The number of para-hydroxylation sites is 1. The molecule has 2 aromatic rings. The van der Waals surface area contributed by atoms with Crippen molar-refractivity contribution in [1.29, 1.82) is 0 Å². The van der Waals surface area contributed by atoms with Crippen LogP contribution < -0.4 is 20.2 Å². The summed E-state index contributed by atoms with van der Waals surface area (Å²) in [4.78, 5) is 37.1. The second-order valence-corrected chi connectivity index (χ2v) is 6.06. The normalized spacial score (nSPS) is 18.8. The fraction of sp³-hybridized carbons (Fsp3) is 0.211. The van der Waals surface area contributed by atoms with Gasteiger partial charge in [0, 0.05) is 0 Å². The Morgan fingerprint density at radius 3 is 2.52 bits per heavy atom. The largest absolute Gasteiger partial charge is 0.497 e. The number of methoxy groups -OCH3 is 1. The van der Waals surface area contributed by atoms with Crippen LogP contribution in [0.3, 0.4) is 0 Å². The third-order valence-electron chi connectivity index (χ3n) is 4.19. The van der Waals surface area contributed by atoms with E-state index in [4.69, 9.17) is 9.47 Å². The molecule has 1 fully saturated rings. The van der Waals surface area contributed by atoms with Gasteiger partial charge in [-0.15, -0.1) is 0 Å². The van der Waals surface area contributed by atoms with E-state index in [0.717, 1.165) is 0 Å². The van der Waals surface area contributed by atoms with Crippen LogP contribution in [-0.2, 0) is 15.1 Å². The minimum Gasteiger partial charge on any atom is -0.497 e. The van der Waals surface area contributed by atoms with Gasteiger partial charge in [-0.05, 0) is 36.8 Å². The molecule has 140 valence electrons. The van der Waals surface area contributed by atoms with Gasteiger partial charge in [0.05, 0.1) is 7.11 Å². The van der Waals surface area contributed by atoms with Crippen LogP contribution in [0.5, 0.6) is 11.5 Å². The van der Waals surface area contributed by atoms with E-state index in [1.807, 2.05) is 6.07 Å². The molecule has 1 atom stereocenters. The van der Waals surface area contributed by atoms with E-state index in [1.54, 1.807) is 55.5 Å². The average Bonchev–Trinajstić information content (AvgIpc) is 2.91. The Balaban J connectivity index is 1.69. The van der Waals surface area contributed by atoms with Crippen molar-refractivity contribution < 1.29 is 23.9 Å². The fourth-order valence-electron chi connectivity index (χ4n) is 2.69. The Labute approximate surface area is 156 Å². The van der Waals surface area contributed by atoms with Crippen molar-refractivity contribution >= 4 is 17.8 Å². The molecule has 3 rings (SSSR count). The minimum absolute atomic E-state index is 0.336. The maximum absolute atomic E-state index is 12.8. The van der Waals surface area contributed by atoms with Crippen LogP contribution >= 0.6 is 0 Å². The molecule has 0 bridgehead atoms. The van der Waals surface area contributed by atoms with Gasteiger partial charge in [-0.1, -0.05) is 30.3 Å². The zero-order valence-electron chi connectivity index (χ0n) is 14.9. The first-order valence-electron chi connectivity index (χ1n) is 8.22. The van der Waals surface area contributed by atoms with E-state index in [0.29, 0.717) is 22.1 Å². The number of carbonyl (C=O) groups excluding carboxylic acids is 3. The summed E-state index contributed by atoms with van der Waals surface area (Å²) in [6.07, 6.45) is 0. The molecule has 0 saturated carbocycles. The molecule has 1 saturated heterocycles. The molecule has 1 heterocycles. The van der Waals surface area contributed by atoms with Crippen LogP contribution in [-0.4, -0.2) is 36.6 Å². The predicted octanol–water partition coefficient (Wildman–Crippen LogP) is 1.57. The SMILES string of the molecule is COc1cccc([C@@]2(C)NC(=O)N(NC(=O)COc3ccccc3)C2=O)c1. The highest BCUT2D eigenvalue weighted by Crippen LogP contribution is 2.30. The number of hydrazine groups is 1. The second-order valence-electron chi connectivity index (χ2n) is 6.06. The van der Waals surface area contributed by atoms with Crippen LogP contribution in [0.4, 0.5) is 4.79 Å². The number of urea groups is 1. The van der Waals surface area contributed by atoms with Gasteiger partial charge >= 0.3 is 6.03 Å². The quantitative estimate of drug-likeness (QED) is 0.754. The molecular weight excluding hydrogens is 350 g/mol. The highest BCUT2D eigenvalue weighted by atomic mass is 16.5. The van der Waals surface area contributed by atoms with Gasteiger partial charge in [-0.2, -0.15) is 5.01 Å². The standard InChI is InChI=1S/C19H19N3O5/c1-19(13-7-6-10-15(11-13)26-2)17(24)22(18(25)20-19)21-16(23)12-27-14-8-4-3-5-9-14/h3-11H,12H2,1-2H3,(H,20,25)(H,21,23)/t19-/m1/s1. The molecule has 1 aliphatic rings. The zero-order valence-corrected chi connectivity index (χ0v) is 14.9. The maximum atomic E-state index is 12.8. The van der Waals surface area contributed by atoms with Crippen molar-refractivity contribution in [3.63, 3.8) is 0 Å². The summed E-state index contributed by atoms with van der Waals surface area (Å²) in [5.41, 5.74) is 1.50. The van der Waals surface area contributed by atoms with Crippen LogP contribution in [0, 0.1) is 0 Å². The predicted molar refractivity (Wildman–Crippen MR) is 95.8 cm³/mol. The van der Waals surface area contributed by atoms with Crippen molar-refractivity contribution in [3.05, 3.63) is 60.2 Å². The number of nitrogens with zero attached hydrogens (tertiary/aromatic N) is 1. The lowest BCUT2D eigenvalue weighted by molar-refractivity contribution is -0.139. The van der Waals surface area contributed by atoms with E-state index in [-0.39, 0.29) is 6.61 Å². The first-order valence-corrected chi connectivity index (χ1v) is 8.22.